The number of carbonyl (C=O) groups is 1. The van der Waals surface area contributed by atoms with Crippen LogP contribution in [0.4, 0.5) is 13.2 Å². The van der Waals surface area contributed by atoms with Gasteiger partial charge in [0.25, 0.3) is 5.91 Å². The standard InChI is InChI=1S/C17H15F3N6O2/c18-17(19,20)16-23-14(25-28-16)10-3-4-12(21-8-10)11-2-1-7-26(9-11)15(27)13-5-6-22-24-13/h3-6,8,11H,1-2,7,9H2,(H,22,24)/t11-/m1/s1. The highest BCUT2D eigenvalue weighted by molar-refractivity contribution is 5.92. The Morgan fingerprint density at radius 1 is 1.29 bits per heavy atom. The van der Waals surface area contributed by atoms with E-state index < -0.39 is 12.1 Å². The third-order valence-corrected chi connectivity index (χ3v) is 4.57. The monoisotopic (exact) mass is 392 g/mol. The minimum atomic E-state index is -4.69. The molecule has 1 N–H and O–H groups in total. The highest BCUT2D eigenvalue weighted by atomic mass is 19.4. The molecular formula is C17H15F3N6O2. The van der Waals surface area contributed by atoms with Crippen LogP contribution in [0.2, 0.25) is 0 Å². The lowest BCUT2D eigenvalue weighted by Crippen LogP contribution is -2.39. The molecule has 0 aromatic carbocycles. The summed E-state index contributed by atoms with van der Waals surface area (Å²) >= 11 is 0. The van der Waals surface area contributed by atoms with Crippen molar-refractivity contribution in [3.63, 3.8) is 0 Å². The molecule has 28 heavy (non-hydrogen) atoms. The highest BCUT2D eigenvalue weighted by Crippen LogP contribution is 2.30. The Bertz CT molecular complexity index is 952. The molecule has 0 saturated carbocycles. The zero-order valence-electron chi connectivity index (χ0n) is 14.5. The van der Waals surface area contributed by atoms with Gasteiger partial charge in [0.15, 0.2) is 0 Å². The molecule has 0 aliphatic carbocycles. The first-order chi connectivity index (χ1) is 13.4. The maximum absolute atomic E-state index is 12.6. The van der Waals surface area contributed by atoms with E-state index in [1.807, 2.05) is 0 Å². The van der Waals surface area contributed by atoms with Crippen molar-refractivity contribution >= 4 is 5.91 Å². The van der Waals surface area contributed by atoms with Crippen LogP contribution in [0.25, 0.3) is 11.4 Å². The van der Waals surface area contributed by atoms with Gasteiger partial charge in [-0.2, -0.15) is 23.3 Å². The Morgan fingerprint density at radius 2 is 2.14 bits per heavy atom. The molecule has 1 saturated heterocycles. The molecule has 1 aliphatic heterocycles. The molecule has 8 nitrogen and oxygen atoms in total. The van der Waals surface area contributed by atoms with E-state index in [4.69, 9.17) is 0 Å². The Kier molecular flexibility index (Phi) is 4.57. The number of amides is 1. The second-order valence-corrected chi connectivity index (χ2v) is 6.45. The number of rotatable bonds is 3. The second kappa shape index (κ2) is 7.06. The fourth-order valence-electron chi connectivity index (χ4n) is 3.18. The average Bonchev–Trinajstić information content (AvgIpc) is 3.39. The van der Waals surface area contributed by atoms with E-state index >= 15 is 0 Å². The number of H-pyrrole nitrogens is 1. The zero-order chi connectivity index (χ0) is 19.7. The average molecular weight is 392 g/mol. The summed E-state index contributed by atoms with van der Waals surface area (Å²) in [7, 11) is 0. The van der Waals surface area contributed by atoms with Crippen LogP contribution in [0.1, 0.15) is 40.8 Å². The number of aromatic nitrogens is 5. The van der Waals surface area contributed by atoms with Crippen LogP contribution in [0.15, 0.2) is 35.1 Å². The van der Waals surface area contributed by atoms with Gasteiger partial charge in [-0.3, -0.25) is 14.9 Å². The van der Waals surface area contributed by atoms with Crippen LogP contribution in [0.3, 0.4) is 0 Å². The fraction of sp³-hybridized carbons (Fsp3) is 0.353. The Balaban J connectivity index is 1.47. The predicted octanol–water partition coefficient (Wildman–Crippen LogP) is 2.89. The summed E-state index contributed by atoms with van der Waals surface area (Å²) in [6, 6.07) is 4.94. The summed E-state index contributed by atoms with van der Waals surface area (Å²) in [6.45, 7) is 1.15. The molecule has 1 fully saturated rings. The molecule has 0 radical (unpaired) electrons. The third kappa shape index (κ3) is 3.59. The summed E-state index contributed by atoms with van der Waals surface area (Å²) in [5.74, 6) is -1.66. The van der Waals surface area contributed by atoms with Crippen LogP contribution < -0.4 is 0 Å². The number of hydrogen-bond acceptors (Lipinski definition) is 6. The molecule has 0 bridgehead atoms. The number of aromatic amines is 1. The quantitative estimate of drug-likeness (QED) is 0.736. The number of carbonyl (C=O) groups excluding carboxylic acids is 1. The number of halogens is 3. The largest absolute Gasteiger partial charge is 0.471 e. The maximum Gasteiger partial charge on any atom is 0.471 e. The van der Waals surface area contributed by atoms with E-state index in [-0.39, 0.29) is 17.6 Å². The van der Waals surface area contributed by atoms with Crippen LogP contribution in [-0.2, 0) is 6.18 Å². The van der Waals surface area contributed by atoms with Crippen molar-refractivity contribution in [3.8, 4) is 11.4 Å². The second-order valence-electron chi connectivity index (χ2n) is 6.45. The molecule has 0 unspecified atom stereocenters. The number of hydrogen-bond donors (Lipinski definition) is 1. The van der Waals surface area contributed by atoms with Gasteiger partial charge in [0, 0.05) is 42.7 Å². The number of alkyl halides is 3. The van der Waals surface area contributed by atoms with Gasteiger partial charge in [-0.1, -0.05) is 5.16 Å². The lowest BCUT2D eigenvalue weighted by atomic mass is 9.94. The van der Waals surface area contributed by atoms with Crippen molar-refractivity contribution in [3.05, 3.63) is 47.9 Å². The van der Waals surface area contributed by atoms with Crippen molar-refractivity contribution in [2.75, 3.05) is 13.1 Å². The molecule has 3 aromatic rings. The highest BCUT2D eigenvalue weighted by Gasteiger charge is 2.38. The summed E-state index contributed by atoms with van der Waals surface area (Å²) in [5, 5.41) is 9.81. The van der Waals surface area contributed by atoms with Crippen molar-refractivity contribution in [1.29, 1.82) is 0 Å². The number of likely N-dealkylation sites (tertiary alicyclic amines) is 1. The lowest BCUT2D eigenvalue weighted by molar-refractivity contribution is -0.159. The molecular weight excluding hydrogens is 377 g/mol. The minimum absolute atomic E-state index is 0.0330. The van der Waals surface area contributed by atoms with Gasteiger partial charge in [0.1, 0.15) is 5.69 Å². The van der Waals surface area contributed by atoms with Gasteiger partial charge in [-0.25, -0.2) is 0 Å². The van der Waals surface area contributed by atoms with Crippen LogP contribution in [0, 0.1) is 0 Å². The number of piperidine rings is 1. The van der Waals surface area contributed by atoms with Crippen LogP contribution in [0.5, 0.6) is 0 Å². The fourth-order valence-corrected chi connectivity index (χ4v) is 3.18. The minimum Gasteiger partial charge on any atom is -0.337 e. The summed E-state index contributed by atoms with van der Waals surface area (Å²) < 4.78 is 42.0. The molecule has 146 valence electrons. The first kappa shape index (κ1) is 18.1. The van der Waals surface area contributed by atoms with Crippen molar-refractivity contribution in [2.24, 2.45) is 0 Å². The smallest absolute Gasteiger partial charge is 0.337 e. The number of nitrogens with zero attached hydrogens (tertiary/aromatic N) is 5. The Morgan fingerprint density at radius 3 is 2.79 bits per heavy atom. The third-order valence-electron chi connectivity index (χ3n) is 4.57. The van der Waals surface area contributed by atoms with Gasteiger partial charge >= 0.3 is 12.1 Å². The zero-order valence-corrected chi connectivity index (χ0v) is 14.5. The summed E-state index contributed by atoms with van der Waals surface area (Å²) in [5.41, 5.74) is 1.51. The van der Waals surface area contributed by atoms with Gasteiger partial charge in [-0.15, -0.1) is 0 Å². The molecule has 1 amide bonds. The molecule has 4 rings (SSSR count). The normalized spacial score (nSPS) is 17.7. The molecule has 0 spiro atoms. The van der Waals surface area contributed by atoms with E-state index in [1.165, 1.54) is 12.4 Å². The SMILES string of the molecule is O=C(c1ccn[nH]1)N1CCC[C@@H](c2ccc(-c3noc(C(F)(F)F)n3)cn2)C1. The van der Waals surface area contributed by atoms with Crippen molar-refractivity contribution < 1.29 is 22.5 Å². The molecule has 11 heteroatoms. The van der Waals surface area contributed by atoms with Crippen molar-refractivity contribution in [2.45, 2.75) is 24.9 Å². The van der Waals surface area contributed by atoms with Crippen LogP contribution >= 0.6 is 0 Å². The topological polar surface area (TPSA) is 101 Å². The molecule has 1 atom stereocenters. The summed E-state index contributed by atoms with van der Waals surface area (Å²) in [4.78, 5) is 21.9. The van der Waals surface area contributed by atoms with E-state index in [0.29, 0.717) is 24.3 Å². The molecule has 1 aliphatic rings. The summed E-state index contributed by atoms with van der Waals surface area (Å²) in [6.07, 6.45) is -0.0637. The van der Waals surface area contributed by atoms with E-state index in [9.17, 15) is 18.0 Å². The molecule has 3 aromatic heterocycles. The van der Waals surface area contributed by atoms with Gasteiger partial charge < -0.3 is 9.42 Å². The number of nitrogens with one attached hydrogen (secondary N) is 1. The van der Waals surface area contributed by atoms with Gasteiger partial charge in [0.05, 0.1) is 0 Å². The van der Waals surface area contributed by atoms with Gasteiger partial charge in [-0.05, 0) is 31.0 Å². The maximum atomic E-state index is 12.6. The Labute approximate surface area is 156 Å². The van der Waals surface area contributed by atoms with E-state index in [2.05, 4.69) is 29.8 Å². The Hall–Kier alpha value is -3.24. The van der Waals surface area contributed by atoms with Crippen molar-refractivity contribution in [1.82, 2.24) is 30.2 Å². The van der Waals surface area contributed by atoms with Gasteiger partial charge in [0.2, 0.25) is 5.82 Å². The first-order valence-electron chi connectivity index (χ1n) is 8.57. The number of pyridine rings is 1. The van der Waals surface area contributed by atoms with E-state index in [1.54, 1.807) is 23.1 Å². The lowest BCUT2D eigenvalue weighted by Gasteiger charge is -2.32. The molecule has 4 heterocycles. The first-order valence-corrected chi connectivity index (χ1v) is 8.57. The predicted molar refractivity (Wildman–Crippen MR) is 89.0 cm³/mol. The van der Waals surface area contributed by atoms with Crippen LogP contribution in [-0.4, -0.2) is 49.2 Å². The van der Waals surface area contributed by atoms with E-state index in [0.717, 1.165) is 18.5 Å².